The molecule has 2 aromatic heterocycles. The number of imidazole rings is 1. The highest BCUT2D eigenvalue weighted by atomic mass is 32.2. The van der Waals surface area contributed by atoms with Crippen LogP contribution >= 0.6 is 0 Å². The molecule has 1 aliphatic heterocycles. The van der Waals surface area contributed by atoms with E-state index in [0.29, 0.717) is 18.3 Å². The lowest BCUT2D eigenvalue weighted by molar-refractivity contribution is 0.316. The van der Waals surface area contributed by atoms with Crippen molar-refractivity contribution in [2.45, 2.75) is 24.9 Å². The van der Waals surface area contributed by atoms with Gasteiger partial charge in [-0.05, 0) is 37.4 Å². The zero-order valence-corrected chi connectivity index (χ0v) is 14.8. The van der Waals surface area contributed by atoms with Crippen LogP contribution in [0.3, 0.4) is 0 Å². The van der Waals surface area contributed by atoms with Crippen LogP contribution in [0.15, 0.2) is 35.7 Å². The van der Waals surface area contributed by atoms with Crippen LogP contribution in [0, 0.1) is 12.8 Å². The summed E-state index contributed by atoms with van der Waals surface area (Å²) in [6, 6.07) is 4.00. The molecule has 1 aliphatic rings. The smallest absolute Gasteiger partial charge is 0.259 e. The fraction of sp³-hybridized carbons (Fsp3) is 0.500. The molecule has 3 rings (SSSR count). The van der Waals surface area contributed by atoms with Crippen LogP contribution in [0.2, 0.25) is 0 Å². The zero-order valence-electron chi connectivity index (χ0n) is 14.0. The molecular weight excluding hydrogens is 326 g/mol. The molecule has 0 unspecified atom stereocenters. The third kappa shape index (κ3) is 4.00. The van der Waals surface area contributed by atoms with Gasteiger partial charge in [-0.2, -0.15) is 0 Å². The molecule has 0 aliphatic carbocycles. The molecule has 0 saturated carbocycles. The van der Waals surface area contributed by atoms with Crippen LogP contribution in [0.25, 0.3) is 0 Å². The van der Waals surface area contributed by atoms with Crippen LogP contribution in [-0.2, 0) is 23.6 Å². The number of hydrogen-bond donors (Lipinski definition) is 1. The number of sulfonamides is 1. The number of hydrogen-bond acceptors (Lipinski definition) is 5. The van der Waals surface area contributed by atoms with Crippen molar-refractivity contribution >= 4 is 10.0 Å². The average molecular weight is 349 g/mol. The Bertz CT molecular complexity index is 769. The standard InChI is InChI=1S/C16H23N5O2S/c1-13-19-16(12-20(13)2)24(22,23)18-9-15-5-7-21(11-15)10-14-4-3-6-17-8-14/h3-4,6,8,12,15,18H,5,7,9-11H2,1-2H3/t15-/m0/s1. The van der Waals surface area contributed by atoms with Crippen LogP contribution in [-0.4, -0.2) is 47.5 Å². The van der Waals surface area contributed by atoms with Crippen molar-refractivity contribution < 1.29 is 8.42 Å². The van der Waals surface area contributed by atoms with Crippen molar-refractivity contribution in [2.24, 2.45) is 13.0 Å². The first-order valence-electron chi connectivity index (χ1n) is 8.05. The van der Waals surface area contributed by atoms with Gasteiger partial charge in [0.1, 0.15) is 5.82 Å². The van der Waals surface area contributed by atoms with E-state index in [1.165, 1.54) is 5.56 Å². The van der Waals surface area contributed by atoms with Gasteiger partial charge in [0, 0.05) is 45.3 Å². The van der Waals surface area contributed by atoms with Crippen molar-refractivity contribution in [1.82, 2.24) is 24.2 Å². The van der Waals surface area contributed by atoms with E-state index in [0.717, 1.165) is 26.1 Å². The largest absolute Gasteiger partial charge is 0.337 e. The van der Waals surface area contributed by atoms with Gasteiger partial charge < -0.3 is 4.57 Å². The number of pyridine rings is 1. The molecule has 0 amide bonds. The monoisotopic (exact) mass is 349 g/mol. The molecule has 0 spiro atoms. The summed E-state index contributed by atoms with van der Waals surface area (Å²) in [6.07, 6.45) is 6.18. The van der Waals surface area contributed by atoms with Crippen LogP contribution in [0.1, 0.15) is 17.8 Å². The van der Waals surface area contributed by atoms with Gasteiger partial charge in [-0.3, -0.25) is 9.88 Å². The number of aryl methyl sites for hydroxylation is 2. The fourth-order valence-corrected chi connectivity index (χ4v) is 4.08. The van der Waals surface area contributed by atoms with Crippen molar-refractivity contribution in [3.63, 3.8) is 0 Å². The summed E-state index contributed by atoms with van der Waals surface area (Å²) < 4.78 is 29.0. The maximum atomic E-state index is 12.3. The van der Waals surface area contributed by atoms with Gasteiger partial charge in [0.25, 0.3) is 10.0 Å². The third-order valence-electron chi connectivity index (χ3n) is 4.42. The van der Waals surface area contributed by atoms with E-state index >= 15 is 0 Å². The molecule has 24 heavy (non-hydrogen) atoms. The Morgan fingerprint density at radius 3 is 2.92 bits per heavy atom. The first kappa shape index (κ1) is 17.1. The molecule has 1 N–H and O–H groups in total. The minimum Gasteiger partial charge on any atom is -0.337 e. The summed E-state index contributed by atoms with van der Waals surface area (Å²) in [4.78, 5) is 10.6. The Morgan fingerprint density at radius 1 is 1.42 bits per heavy atom. The van der Waals surface area contributed by atoms with Crippen LogP contribution < -0.4 is 4.72 Å². The van der Waals surface area contributed by atoms with E-state index in [1.54, 1.807) is 30.9 Å². The number of nitrogens with one attached hydrogen (secondary N) is 1. The zero-order chi connectivity index (χ0) is 17.2. The molecule has 1 fully saturated rings. The summed E-state index contributed by atoms with van der Waals surface area (Å²) in [6.45, 7) is 4.95. The SMILES string of the molecule is Cc1nc(S(=O)(=O)NC[C@@H]2CCN(Cc3cccnc3)C2)cn1C. The fourth-order valence-electron chi connectivity index (χ4n) is 2.93. The summed E-state index contributed by atoms with van der Waals surface area (Å²) in [5, 5.41) is 0.0905. The van der Waals surface area contributed by atoms with Gasteiger partial charge >= 0.3 is 0 Å². The Morgan fingerprint density at radius 2 is 2.25 bits per heavy atom. The normalized spacial score (nSPS) is 19.0. The molecule has 0 aromatic carbocycles. The Hall–Kier alpha value is -1.77. The first-order chi connectivity index (χ1) is 11.4. The van der Waals surface area contributed by atoms with Crippen LogP contribution in [0.4, 0.5) is 0 Å². The molecule has 130 valence electrons. The molecule has 0 radical (unpaired) electrons. The number of likely N-dealkylation sites (tertiary alicyclic amines) is 1. The van der Waals surface area contributed by atoms with E-state index in [4.69, 9.17) is 0 Å². The summed E-state index contributed by atoms with van der Waals surface area (Å²) >= 11 is 0. The molecule has 7 nitrogen and oxygen atoms in total. The lowest BCUT2D eigenvalue weighted by Crippen LogP contribution is -2.31. The van der Waals surface area contributed by atoms with Crippen molar-refractivity contribution in [2.75, 3.05) is 19.6 Å². The third-order valence-corrected chi connectivity index (χ3v) is 5.72. The molecule has 0 bridgehead atoms. The maximum Gasteiger partial charge on any atom is 0.259 e. The molecule has 1 saturated heterocycles. The Kier molecular flexibility index (Phi) is 4.98. The van der Waals surface area contributed by atoms with E-state index in [9.17, 15) is 8.42 Å². The molecule has 3 heterocycles. The van der Waals surface area contributed by atoms with Gasteiger partial charge in [0.05, 0.1) is 0 Å². The van der Waals surface area contributed by atoms with Gasteiger partial charge in [-0.25, -0.2) is 18.1 Å². The summed E-state index contributed by atoms with van der Waals surface area (Å²) in [7, 11) is -1.75. The minimum atomic E-state index is -3.54. The van der Waals surface area contributed by atoms with Gasteiger partial charge in [0.2, 0.25) is 0 Å². The second-order valence-corrected chi connectivity index (χ2v) is 8.05. The Labute approximate surface area is 142 Å². The lowest BCUT2D eigenvalue weighted by Gasteiger charge is -2.16. The number of rotatable bonds is 6. The van der Waals surface area contributed by atoms with Gasteiger partial charge in [0.15, 0.2) is 5.03 Å². The lowest BCUT2D eigenvalue weighted by atomic mass is 10.1. The highest BCUT2D eigenvalue weighted by Crippen LogP contribution is 2.18. The second-order valence-electron chi connectivity index (χ2n) is 6.34. The quantitative estimate of drug-likeness (QED) is 0.839. The number of nitrogens with zero attached hydrogens (tertiary/aromatic N) is 4. The summed E-state index contributed by atoms with van der Waals surface area (Å²) in [5.41, 5.74) is 1.18. The van der Waals surface area contributed by atoms with Crippen molar-refractivity contribution in [1.29, 1.82) is 0 Å². The second kappa shape index (κ2) is 7.00. The molecular formula is C16H23N5O2S. The minimum absolute atomic E-state index is 0.0905. The topological polar surface area (TPSA) is 80.1 Å². The molecule has 2 aromatic rings. The highest BCUT2D eigenvalue weighted by Gasteiger charge is 2.25. The van der Waals surface area contributed by atoms with Gasteiger partial charge in [-0.1, -0.05) is 6.07 Å². The van der Waals surface area contributed by atoms with Crippen LogP contribution in [0.5, 0.6) is 0 Å². The van der Waals surface area contributed by atoms with Gasteiger partial charge in [-0.15, -0.1) is 0 Å². The van der Waals surface area contributed by atoms with E-state index in [1.807, 2.05) is 12.3 Å². The van der Waals surface area contributed by atoms with E-state index in [2.05, 4.69) is 25.7 Å². The van der Waals surface area contributed by atoms with E-state index < -0.39 is 10.0 Å². The predicted molar refractivity (Wildman–Crippen MR) is 90.8 cm³/mol. The molecule has 1 atom stereocenters. The highest BCUT2D eigenvalue weighted by molar-refractivity contribution is 7.89. The number of aromatic nitrogens is 3. The molecule has 8 heteroatoms. The maximum absolute atomic E-state index is 12.3. The van der Waals surface area contributed by atoms with Crippen molar-refractivity contribution in [3.05, 3.63) is 42.1 Å². The summed E-state index contributed by atoms with van der Waals surface area (Å²) in [5.74, 6) is 1.00. The van der Waals surface area contributed by atoms with Crippen molar-refractivity contribution in [3.8, 4) is 0 Å². The Balaban J connectivity index is 1.52. The van der Waals surface area contributed by atoms with E-state index in [-0.39, 0.29) is 5.03 Å². The first-order valence-corrected chi connectivity index (χ1v) is 9.53. The average Bonchev–Trinajstić information content (AvgIpc) is 3.14. The predicted octanol–water partition coefficient (Wildman–Crippen LogP) is 0.924.